The molecule has 1 amide bonds. The molecule has 4 nitrogen and oxygen atoms in total. The maximum absolute atomic E-state index is 13.6. The average Bonchev–Trinajstić information content (AvgIpc) is 2.91. The number of ether oxygens (including phenoxy) is 1. The van der Waals surface area contributed by atoms with Gasteiger partial charge in [-0.3, -0.25) is 4.90 Å². The Morgan fingerprint density at radius 1 is 1.29 bits per heavy atom. The van der Waals surface area contributed by atoms with Gasteiger partial charge in [-0.15, -0.1) is 11.3 Å². The van der Waals surface area contributed by atoms with Crippen molar-refractivity contribution in [1.82, 2.24) is 9.80 Å². The molecule has 0 bridgehead atoms. The largest absolute Gasteiger partial charge is 0.444 e. The normalized spacial score (nSPS) is 25.2. The molecule has 134 valence electrons. The number of thiophene rings is 1. The van der Waals surface area contributed by atoms with Crippen LogP contribution in [0.4, 0.5) is 18.0 Å². The van der Waals surface area contributed by atoms with Gasteiger partial charge in [0, 0.05) is 24.5 Å². The zero-order chi connectivity index (χ0) is 17.7. The summed E-state index contributed by atoms with van der Waals surface area (Å²) in [4.78, 5) is 16.0. The molecule has 0 aromatic carbocycles. The molecule has 2 unspecified atom stereocenters. The predicted octanol–water partition coefficient (Wildman–Crippen LogP) is 3.83. The number of alkyl halides is 3. The third-order valence-electron chi connectivity index (χ3n) is 4.34. The number of hydrogen-bond donors (Lipinski definition) is 0. The summed E-state index contributed by atoms with van der Waals surface area (Å²) in [7, 11) is 0. The van der Waals surface area contributed by atoms with Crippen molar-refractivity contribution in [1.29, 1.82) is 0 Å². The van der Waals surface area contributed by atoms with Crippen molar-refractivity contribution in [3.05, 3.63) is 21.9 Å². The van der Waals surface area contributed by atoms with Crippen LogP contribution in [0, 0.1) is 0 Å². The second kappa shape index (κ2) is 5.91. The number of carbonyl (C=O) groups is 1. The van der Waals surface area contributed by atoms with Crippen LogP contribution in [0.2, 0.25) is 0 Å². The van der Waals surface area contributed by atoms with Crippen molar-refractivity contribution in [2.45, 2.75) is 51.1 Å². The van der Waals surface area contributed by atoms with Crippen molar-refractivity contribution in [2.75, 3.05) is 19.6 Å². The highest BCUT2D eigenvalue weighted by atomic mass is 32.1. The molecule has 1 aromatic heterocycles. The van der Waals surface area contributed by atoms with E-state index in [1.807, 2.05) is 11.4 Å². The fourth-order valence-corrected chi connectivity index (χ4v) is 4.39. The van der Waals surface area contributed by atoms with Gasteiger partial charge in [-0.05, 0) is 44.2 Å². The van der Waals surface area contributed by atoms with Crippen LogP contribution >= 0.6 is 11.3 Å². The lowest BCUT2D eigenvalue weighted by atomic mass is 9.95. The van der Waals surface area contributed by atoms with Gasteiger partial charge in [-0.2, -0.15) is 13.2 Å². The lowest BCUT2D eigenvalue weighted by Crippen LogP contribution is -2.62. The number of piperazine rings is 1. The summed E-state index contributed by atoms with van der Waals surface area (Å²) in [6, 6.07) is -0.104. The summed E-state index contributed by atoms with van der Waals surface area (Å²) in [6.45, 7) is 5.34. The van der Waals surface area contributed by atoms with Crippen LogP contribution in [0.5, 0.6) is 0 Å². The minimum Gasteiger partial charge on any atom is -0.444 e. The van der Waals surface area contributed by atoms with E-state index >= 15 is 0 Å². The molecular formula is C16H21F3N2O2S. The average molecular weight is 362 g/mol. The molecule has 1 saturated heterocycles. The first kappa shape index (κ1) is 17.5. The number of carbonyl (C=O) groups excluding carboxylic acids is 1. The fourth-order valence-electron chi connectivity index (χ4n) is 3.33. The van der Waals surface area contributed by atoms with Crippen LogP contribution < -0.4 is 0 Å². The molecule has 2 aliphatic heterocycles. The zero-order valence-corrected chi connectivity index (χ0v) is 14.7. The smallest absolute Gasteiger partial charge is 0.410 e. The van der Waals surface area contributed by atoms with Crippen LogP contribution in [0.15, 0.2) is 11.4 Å². The van der Waals surface area contributed by atoms with Gasteiger partial charge in [0.1, 0.15) is 11.6 Å². The topological polar surface area (TPSA) is 32.8 Å². The van der Waals surface area contributed by atoms with Gasteiger partial charge in [0.05, 0.1) is 6.04 Å². The summed E-state index contributed by atoms with van der Waals surface area (Å²) in [6.07, 6.45) is -4.44. The van der Waals surface area contributed by atoms with Crippen LogP contribution in [-0.4, -0.2) is 53.3 Å². The number of amides is 1. The van der Waals surface area contributed by atoms with Crippen LogP contribution in [0.1, 0.15) is 37.3 Å². The van der Waals surface area contributed by atoms with E-state index in [0.29, 0.717) is 13.0 Å². The third-order valence-corrected chi connectivity index (χ3v) is 5.40. The van der Waals surface area contributed by atoms with E-state index in [1.165, 1.54) is 21.1 Å². The van der Waals surface area contributed by atoms with Crippen molar-refractivity contribution in [3.63, 3.8) is 0 Å². The number of rotatable bonds is 0. The number of fused-ring (bicyclic) bond motifs is 3. The monoisotopic (exact) mass is 362 g/mol. The summed E-state index contributed by atoms with van der Waals surface area (Å²) < 4.78 is 46.0. The Labute approximate surface area is 143 Å². The van der Waals surface area contributed by atoms with E-state index in [4.69, 9.17) is 4.74 Å². The highest BCUT2D eigenvalue weighted by Crippen LogP contribution is 2.42. The molecule has 2 atom stereocenters. The van der Waals surface area contributed by atoms with Crippen LogP contribution in [-0.2, 0) is 11.2 Å². The molecule has 0 N–H and O–H groups in total. The Morgan fingerprint density at radius 3 is 2.62 bits per heavy atom. The number of halogens is 3. The second-order valence-corrected chi connectivity index (χ2v) is 8.20. The van der Waals surface area contributed by atoms with Gasteiger partial charge in [0.2, 0.25) is 0 Å². The molecular weight excluding hydrogens is 341 g/mol. The van der Waals surface area contributed by atoms with Crippen LogP contribution in [0.25, 0.3) is 0 Å². The van der Waals surface area contributed by atoms with Gasteiger partial charge in [0.25, 0.3) is 0 Å². The van der Waals surface area contributed by atoms with E-state index in [1.54, 1.807) is 20.8 Å². The van der Waals surface area contributed by atoms with Crippen molar-refractivity contribution < 1.29 is 22.7 Å². The second-order valence-electron chi connectivity index (χ2n) is 7.26. The molecule has 2 aliphatic rings. The Kier molecular flexibility index (Phi) is 4.32. The summed E-state index contributed by atoms with van der Waals surface area (Å²) >= 11 is 1.46. The van der Waals surface area contributed by atoms with E-state index in [-0.39, 0.29) is 13.1 Å². The summed E-state index contributed by atoms with van der Waals surface area (Å²) in [5.74, 6) is 0. The maximum Gasteiger partial charge on any atom is 0.410 e. The summed E-state index contributed by atoms with van der Waals surface area (Å²) in [5.41, 5.74) is 0.357. The predicted molar refractivity (Wildman–Crippen MR) is 85.1 cm³/mol. The highest BCUT2D eigenvalue weighted by molar-refractivity contribution is 7.10. The highest BCUT2D eigenvalue weighted by Gasteiger charge is 2.52. The van der Waals surface area contributed by atoms with E-state index < -0.39 is 30.0 Å². The Balaban J connectivity index is 1.89. The van der Waals surface area contributed by atoms with Crippen molar-refractivity contribution in [3.8, 4) is 0 Å². The lowest BCUT2D eigenvalue weighted by molar-refractivity contribution is -0.205. The number of hydrogen-bond acceptors (Lipinski definition) is 4. The molecule has 1 aromatic rings. The maximum atomic E-state index is 13.6. The fraction of sp³-hybridized carbons (Fsp3) is 0.688. The van der Waals surface area contributed by atoms with E-state index in [9.17, 15) is 18.0 Å². The van der Waals surface area contributed by atoms with Gasteiger partial charge >= 0.3 is 12.3 Å². The van der Waals surface area contributed by atoms with E-state index in [2.05, 4.69) is 0 Å². The first-order valence-electron chi connectivity index (χ1n) is 7.93. The Morgan fingerprint density at radius 2 is 2.00 bits per heavy atom. The Bertz CT molecular complexity index is 624. The molecule has 0 aliphatic carbocycles. The van der Waals surface area contributed by atoms with Gasteiger partial charge in [-0.25, -0.2) is 4.79 Å². The first-order valence-corrected chi connectivity index (χ1v) is 8.81. The standard InChI is InChI=1S/C16H21F3N2O2S/c1-15(2,3)23-14(22)20-8-11-13-10(5-7-24-13)4-6-21(11)12(9-20)16(17,18)19/h5,7,11-12H,4,6,8-9H2,1-3H3. The lowest BCUT2D eigenvalue weighted by Gasteiger charge is -2.48. The third kappa shape index (κ3) is 3.39. The Hall–Kier alpha value is -1.28. The molecule has 3 heterocycles. The number of nitrogens with zero attached hydrogens (tertiary/aromatic N) is 2. The van der Waals surface area contributed by atoms with Gasteiger partial charge in [0.15, 0.2) is 0 Å². The minimum absolute atomic E-state index is 0.231. The molecule has 0 radical (unpaired) electrons. The molecule has 0 saturated carbocycles. The van der Waals surface area contributed by atoms with Gasteiger partial charge < -0.3 is 9.64 Å². The molecule has 0 spiro atoms. The first-order chi connectivity index (χ1) is 11.1. The molecule has 3 rings (SSSR count). The van der Waals surface area contributed by atoms with Gasteiger partial charge in [-0.1, -0.05) is 0 Å². The molecule has 24 heavy (non-hydrogen) atoms. The SMILES string of the molecule is CC(C)(C)OC(=O)N1CC2c3sccc3CCN2C(C(F)(F)F)C1. The molecule has 1 fully saturated rings. The van der Waals surface area contributed by atoms with Crippen LogP contribution in [0.3, 0.4) is 0 Å². The zero-order valence-electron chi connectivity index (χ0n) is 13.9. The van der Waals surface area contributed by atoms with Crippen molar-refractivity contribution >= 4 is 17.4 Å². The summed E-state index contributed by atoms with van der Waals surface area (Å²) in [5, 5.41) is 1.91. The minimum atomic E-state index is -4.38. The van der Waals surface area contributed by atoms with Crippen molar-refractivity contribution in [2.24, 2.45) is 0 Å². The quantitative estimate of drug-likeness (QED) is 0.703. The van der Waals surface area contributed by atoms with E-state index in [0.717, 1.165) is 10.4 Å². The molecule has 8 heteroatoms.